The van der Waals surface area contributed by atoms with Crippen LogP contribution in [-0.4, -0.2) is 12.6 Å². The molecule has 1 aromatic carbocycles. The molecule has 2 N–H and O–H groups in total. The second kappa shape index (κ2) is 6.90. The molecule has 3 nitrogen and oxygen atoms in total. The number of benzene rings is 1. The summed E-state index contributed by atoms with van der Waals surface area (Å²) in [4.78, 5) is 11.0. The van der Waals surface area contributed by atoms with Crippen molar-refractivity contribution < 1.29 is 9.53 Å². The number of anilines is 1. The Hall–Kier alpha value is -1.48. The average Bonchev–Trinajstić information content (AvgIpc) is 2.17. The summed E-state index contributed by atoms with van der Waals surface area (Å²) in [5.74, 6) is -0.351. The van der Waals surface area contributed by atoms with E-state index in [4.69, 9.17) is 10.5 Å². The molecule has 0 atom stereocenters. The van der Waals surface area contributed by atoms with Crippen molar-refractivity contribution in [2.24, 2.45) is 0 Å². The highest BCUT2D eigenvalue weighted by Crippen LogP contribution is 2.11. The van der Waals surface area contributed by atoms with Crippen molar-refractivity contribution in [3.8, 4) is 0 Å². The number of carbonyl (C=O) groups excluding carboxylic acids is 1. The van der Waals surface area contributed by atoms with E-state index in [1.165, 1.54) is 6.08 Å². The van der Waals surface area contributed by atoms with Crippen molar-refractivity contribution in [2.45, 2.75) is 6.92 Å². The van der Waals surface area contributed by atoms with E-state index in [0.717, 1.165) is 5.56 Å². The first-order valence-corrected chi connectivity index (χ1v) is 4.43. The van der Waals surface area contributed by atoms with Gasteiger partial charge in [-0.05, 0) is 24.6 Å². The molecule has 0 bridgehead atoms. The molecule has 82 valence electrons. The van der Waals surface area contributed by atoms with E-state index in [0.29, 0.717) is 12.3 Å². The highest BCUT2D eigenvalue weighted by Gasteiger charge is 1.95. The van der Waals surface area contributed by atoms with Crippen molar-refractivity contribution in [3.63, 3.8) is 0 Å². The maximum atomic E-state index is 11.0. The van der Waals surface area contributed by atoms with E-state index in [1.54, 1.807) is 19.1 Å². The summed E-state index contributed by atoms with van der Waals surface area (Å²) < 4.78 is 4.74. The zero-order valence-electron chi connectivity index (χ0n) is 8.47. The zero-order valence-corrected chi connectivity index (χ0v) is 9.29. The molecule has 0 saturated carbocycles. The van der Waals surface area contributed by atoms with Crippen LogP contribution < -0.4 is 5.73 Å². The van der Waals surface area contributed by atoms with Gasteiger partial charge in [-0.15, -0.1) is 12.4 Å². The van der Waals surface area contributed by atoms with Gasteiger partial charge in [0.05, 0.1) is 6.61 Å². The number of halogens is 1. The molecule has 4 heteroatoms. The number of nitrogen functional groups attached to an aromatic ring is 1. The van der Waals surface area contributed by atoms with Gasteiger partial charge >= 0.3 is 5.97 Å². The van der Waals surface area contributed by atoms with Crippen molar-refractivity contribution in [3.05, 3.63) is 35.9 Å². The summed E-state index contributed by atoms with van der Waals surface area (Å²) in [7, 11) is 0. The monoisotopic (exact) mass is 227 g/mol. The van der Waals surface area contributed by atoms with Crippen LogP contribution in [0.15, 0.2) is 30.3 Å². The second-order valence-electron chi connectivity index (χ2n) is 2.71. The lowest BCUT2D eigenvalue weighted by atomic mass is 10.2. The topological polar surface area (TPSA) is 52.3 Å². The largest absolute Gasteiger partial charge is 0.463 e. The highest BCUT2D eigenvalue weighted by molar-refractivity contribution is 5.88. The lowest BCUT2D eigenvalue weighted by Gasteiger charge is -1.98. The fourth-order valence-corrected chi connectivity index (χ4v) is 1.01. The first kappa shape index (κ1) is 13.5. The zero-order chi connectivity index (χ0) is 10.4. The first-order valence-electron chi connectivity index (χ1n) is 4.43. The third-order valence-corrected chi connectivity index (χ3v) is 1.68. The van der Waals surface area contributed by atoms with E-state index < -0.39 is 0 Å². The Morgan fingerprint density at radius 2 is 2.13 bits per heavy atom. The van der Waals surface area contributed by atoms with Gasteiger partial charge in [0.2, 0.25) is 0 Å². The quantitative estimate of drug-likeness (QED) is 0.490. The molecular formula is C11H14ClNO2. The van der Waals surface area contributed by atoms with Gasteiger partial charge < -0.3 is 10.5 Å². The van der Waals surface area contributed by atoms with Crippen LogP contribution in [0.4, 0.5) is 5.69 Å². The lowest BCUT2D eigenvalue weighted by molar-refractivity contribution is -0.137. The normalized spacial score (nSPS) is 9.67. The first-order chi connectivity index (χ1) is 6.74. The molecule has 0 aromatic heterocycles. The molecule has 1 rings (SSSR count). The van der Waals surface area contributed by atoms with Crippen LogP contribution in [-0.2, 0) is 9.53 Å². The maximum Gasteiger partial charge on any atom is 0.330 e. The van der Waals surface area contributed by atoms with Crippen molar-refractivity contribution in [2.75, 3.05) is 12.3 Å². The third-order valence-electron chi connectivity index (χ3n) is 1.68. The van der Waals surface area contributed by atoms with Crippen LogP contribution in [0.5, 0.6) is 0 Å². The molecule has 0 aliphatic rings. The van der Waals surface area contributed by atoms with E-state index in [2.05, 4.69) is 0 Å². The van der Waals surface area contributed by atoms with E-state index in [1.807, 2.05) is 18.2 Å². The molecule has 0 unspecified atom stereocenters. The molecule has 0 aliphatic heterocycles. The Morgan fingerprint density at radius 3 is 2.73 bits per heavy atom. The molecule has 0 aliphatic carbocycles. The highest BCUT2D eigenvalue weighted by atomic mass is 35.5. The number of esters is 1. The SMILES string of the molecule is CCOC(=O)C=Cc1ccccc1N.Cl. The number of hydrogen-bond donors (Lipinski definition) is 1. The summed E-state index contributed by atoms with van der Waals surface area (Å²) in [5, 5.41) is 0. The van der Waals surface area contributed by atoms with Crippen molar-refractivity contribution >= 4 is 30.1 Å². The van der Waals surface area contributed by atoms with Gasteiger partial charge in [-0.3, -0.25) is 0 Å². The Balaban J connectivity index is 0.00000196. The van der Waals surface area contributed by atoms with Gasteiger partial charge in [-0.1, -0.05) is 18.2 Å². The van der Waals surface area contributed by atoms with Gasteiger partial charge in [-0.25, -0.2) is 4.79 Å². The molecular weight excluding hydrogens is 214 g/mol. The maximum absolute atomic E-state index is 11.0. The molecule has 0 saturated heterocycles. The Morgan fingerprint density at radius 1 is 1.47 bits per heavy atom. The second-order valence-corrected chi connectivity index (χ2v) is 2.71. The number of nitrogens with two attached hydrogens (primary N) is 1. The fourth-order valence-electron chi connectivity index (χ4n) is 1.01. The van der Waals surface area contributed by atoms with Gasteiger partial charge in [0, 0.05) is 11.8 Å². The fraction of sp³-hybridized carbons (Fsp3) is 0.182. The number of carbonyl (C=O) groups is 1. The lowest BCUT2D eigenvalue weighted by Crippen LogP contribution is -1.98. The number of para-hydroxylation sites is 1. The van der Waals surface area contributed by atoms with E-state index in [-0.39, 0.29) is 18.4 Å². The van der Waals surface area contributed by atoms with Crippen LogP contribution in [0, 0.1) is 0 Å². The standard InChI is InChI=1S/C11H13NO2.ClH/c1-2-14-11(13)8-7-9-5-3-4-6-10(9)12;/h3-8H,2,12H2,1H3;1H. The minimum Gasteiger partial charge on any atom is -0.463 e. The Kier molecular flexibility index (Phi) is 6.22. The molecule has 0 radical (unpaired) electrons. The molecule has 15 heavy (non-hydrogen) atoms. The van der Waals surface area contributed by atoms with Gasteiger partial charge in [0.1, 0.15) is 0 Å². The molecule has 0 spiro atoms. The summed E-state index contributed by atoms with van der Waals surface area (Å²) in [6.07, 6.45) is 3.02. The Bertz CT molecular complexity index is 350. The summed E-state index contributed by atoms with van der Waals surface area (Å²) >= 11 is 0. The van der Waals surface area contributed by atoms with Crippen LogP contribution in [0.3, 0.4) is 0 Å². The minimum atomic E-state index is -0.351. The number of ether oxygens (including phenoxy) is 1. The Labute approximate surface area is 95.3 Å². The van der Waals surface area contributed by atoms with Crippen LogP contribution >= 0.6 is 12.4 Å². The smallest absolute Gasteiger partial charge is 0.330 e. The molecule has 1 aromatic rings. The van der Waals surface area contributed by atoms with Gasteiger partial charge in [-0.2, -0.15) is 0 Å². The molecule has 0 fully saturated rings. The van der Waals surface area contributed by atoms with Gasteiger partial charge in [0.15, 0.2) is 0 Å². The predicted octanol–water partition coefficient (Wildman–Crippen LogP) is 2.27. The van der Waals surface area contributed by atoms with Crippen LogP contribution in [0.25, 0.3) is 6.08 Å². The summed E-state index contributed by atoms with van der Waals surface area (Å²) in [6, 6.07) is 7.33. The number of rotatable bonds is 3. The summed E-state index contributed by atoms with van der Waals surface area (Å²) in [5.41, 5.74) is 7.14. The van der Waals surface area contributed by atoms with Crippen molar-refractivity contribution in [1.29, 1.82) is 0 Å². The number of hydrogen-bond acceptors (Lipinski definition) is 3. The van der Waals surface area contributed by atoms with Crippen molar-refractivity contribution in [1.82, 2.24) is 0 Å². The van der Waals surface area contributed by atoms with Gasteiger partial charge in [0.25, 0.3) is 0 Å². The van der Waals surface area contributed by atoms with E-state index >= 15 is 0 Å². The van der Waals surface area contributed by atoms with Crippen LogP contribution in [0.1, 0.15) is 12.5 Å². The van der Waals surface area contributed by atoms with E-state index in [9.17, 15) is 4.79 Å². The minimum absolute atomic E-state index is 0. The summed E-state index contributed by atoms with van der Waals surface area (Å²) in [6.45, 7) is 2.15. The predicted molar refractivity (Wildman–Crippen MR) is 63.8 cm³/mol. The van der Waals surface area contributed by atoms with Crippen LogP contribution in [0.2, 0.25) is 0 Å². The average molecular weight is 228 g/mol. The molecule has 0 amide bonds. The molecule has 0 heterocycles. The third kappa shape index (κ3) is 4.51.